The third-order valence-electron chi connectivity index (χ3n) is 10.7. The molecule has 0 fully saturated rings. The lowest BCUT2D eigenvalue weighted by Gasteiger charge is -2.12. The average Bonchev–Trinajstić information content (AvgIpc) is 1.11. The highest BCUT2D eigenvalue weighted by Crippen LogP contribution is 2.36. The maximum Gasteiger partial charge on any atom is 0.449 e. The second kappa shape index (κ2) is 37.2. The van der Waals surface area contributed by atoms with Crippen LogP contribution in [0.5, 0.6) is 23.0 Å². The Bertz CT molecular complexity index is 3830. The summed E-state index contributed by atoms with van der Waals surface area (Å²) >= 11 is 112. The van der Waals surface area contributed by atoms with Gasteiger partial charge in [0.05, 0.1) is 40.2 Å². The van der Waals surface area contributed by atoms with Gasteiger partial charge in [0.2, 0.25) is 15.2 Å². The highest BCUT2D eigenvalue weighted by atomic mass is 35.6. The molecule has 0 heterocycles. The van der Waals surface area contributed by atoms with Crippen molar-refractivity contribution in [2.24, 2.45) is 0 Å². The molecule has 0 aromatic heterocycles. The maximum absolute atomic E-state index is 11.6. The van der Waals surface area contributed by atoms with E-state index in [1.807, 2.05) is 0 Å². The number of rotatable bonds is 20. The quantitative estimate of drug-likeness (QED) is 0.0649. The molecule has 0 bridgehead atoms. The minimum Gasteiger partial charge on any atom is -0.362 e. The SMILES string of the molecule is O=S(=O)(OCC(Cl)(Cl)Cl)Oc1ccc(-c2ccc(Cl)c(Cl)c2)cc1.O=S(=O)(OCC(Cl)(Cl)Cl)Oc1ccc(-c2ccc(Cl)c(Cl)c2)cc1.O=S(=O)(OCC(Cl)(Cl)Cl)Oc1ccc(-c2ccc(Cl)c(Cl)c2)cc1.O=S(=O)(OCC(Cl)(Cl)Cl)Oc1ccc(-c2ccc(Cl)c(Cl)c2)cc1. The summed E-state index contributed by atoms with van der Waals surface area (Å²) in [7, 11) is -17.4. The van der Waals surface area contributed by atoms with Gasteiger partial charge in [0.1, 0.15) is 49.4 Å². The first-order valence-corrected chi connectivity index (χ1v) is 38.0. The fourth-order valence-corrected chi connectivity index (χ4v) is 12.1. The third-order valence-corrected chi connectivity index (χ3v) is 18.2. The van der Waals surface area contributed by atoms with Gasteiger partial charge < -0.3 is 16.7 Å². The first kappa shape index (κ1) is 85.1. The van der Waals surface area contributed by atoms with Crippen molar-refractivity contribution in [3.63, 3.8) is 0 Å². The van der Waals surface area contributed by atoms with Gasteiger partial charge in [0.25, 0.3) is 0 Å². The molecule has 0 radical (unpaired) electrons. The Morgan fingerprint density at radius 1 is 0.219 bits per heavy atom. The lowest BCUT2D eigenvalue weighted by Crippen LogP contribution is -2.21. The standard InChI is InChI=1S/4C14H9Cl5O4S/c4*15-12-6-3-10(7-13(12)16)9-1-4-11(5-2-9)23-24(20,21)22-8-14(17,18)19/h4*1-7H,8H2. The Hall–Kier alpha value is -1.60. The second-order valence-electron chi connectivity index (χ2n) is 18.1. The summed E-state index contributed by atoms with van der Waals surface area (Å²) in [5.41, 5.74) is 6.41. The van der Waals surface area contributed by atoms with Gasteiger partial charge in [0, 0.05) is 0 Å². The van der Waals surface area contributed by atoms with E-state index in [0.717, 1.165) is 44.5 Å². The van der Waals surface area contributed by atoms with Gasteiger partial charge in [0.15, 0.2) is 0 Å². The molecule has 0 unspecified atom stereocenters. The molecule has 0 spiro atoms. The predicted octanol–water partition coefficient (Wildman–Crippen LogP) is 22.7. The van der Waals surface area contributed by atoms with Crippen molar-refractivity contribution in [1.82, 2.24) is 0 Å². The molecule has 16 nitrogen and oxygen atoms in total. The Morgan fingerprint density at radius 2 is 0.365 bits per heavy atom. The summed E-state index contributed by atoms with van der Waals surface area (Å²) in [6.45, 7) is -2.66. The third kappa shape index (κ3) is 32.4. The minimum atomic E-state index is -4.35. The van der Waals surface area contributed by atoms with Crippen molar-refractivity contribution in [2.75, 3.05) is 26.4 Å². The predicted molar refractivity (Wildman–Crippen MR) is 391 cm³/mol. The maximum atomic E-state index is 11.6. The first-order chi connectivity index (χ1) is 44.2. The lowest BCUT2D eigenvalue weighted by atomic mass is 10.1. The van der Waals surface area contributed by atoms with Crippen LogP contribution in [-0.4, -0.2) is 75.3 Å². The van der Waals surface area contributed by atoms with E-state index in [1.54, 1.807) is 121 Å². The van der Waals surface area contributed by atoms with Crippen LogP contribution in [0.25, 0.3) is 44.5 Å². The first-order valence-electron chi connectivity index (χ1n) is 25.1. The van der Waals surface area contributed by atoms with Gasteiger partial charge in [-0.1, -0.05) is 305 Å². The summed E-state index contributed by atoms with van der Waals surface area (Å²) in [4.78, 5) is 0. The molecule has 0 atom stereocenters. The van der Waals surface area contributed by atoms with Crippen LogP contribution in [0.1, 0.15) is 0 Å². The zero-order valence-corrected chi connectivity index (χ0v) is 65.1. The van der Waals surface area contributed by atoms with Crippen LogP contribution < -0.4 is 16.7 Å². The van der Waals surface area contributed by atoms with E-state index >= 15 is 0 Å². The number of hydrogen-bond donors (Lipinski definition) is 0. The molecule has 0 N–H and O–H groups in total. The van der Waals surface area contributed by atoms with Crippen LogP contribution in [0.2, 0.25) is 40.2 Å². The Morgan fingerprint density at radius 3 is 0.500 bits per heavy atom. The molecule has 0 aliphatic rings. The van der Waals surface area contributed by atoms with E-state index < -0.39 is 83.2 Å². The number of benzene rings is 8. The van der Waals surface area contributed by atoms with Gasteiger partial charge in [-0.15, -0.1) is 0 Å². The monoisotopic (exact) mass is 1790 g/mol. The Kier molecular flexibility index (Phi) is 33.0. The summed E-state index contributed by atoms with van der Waals surface area (Å²) < 4.78 is 122. The number of alkyl halides is 12. The van der Waals surface area contributed by atoms with E-state index in [2.05, 4.69) is 16.7 Å². The Balaban J connectivity index is 0.000000231. The lowest BCUT2D eigenvalue weighted by molar-refractivity contribution is 0.277. The second-order valence-corrected chi connectivity index (χ2v) is 36.3. The molecular weight excluding hydrogens is 1770 g/mol. The van der Waals surface area contributed by atoms with Crippen molar-refractivity contribution in [2.45, 2.75) is 15.2 Å². The number of hydrogen-bond acceptors (Lipinski definition) is 16. The van der Waals surface area contributed by atoms with Crippen LogP contribution in [0.15, 0.2) is 170 Å². The largest absolute Gasteiger partial charge is 0.449 e. The minimum absolute atomic E-state index is 0.0446. The molecule has 0 amide bonds. The molecule has 0 aliphatic heterocycles. The summed E-state index contributed by atoms with van der Waals surface area (Å²) in [6.07, 6.45) is 0. The van der Waals surface area contributed by atoms with Gasteiger partial charge in [-0.3, -0.25) is 0 Å². The molecule has 0 aliphatic carbocycles. The topological polar surface area (TPSA) is 210 Å². The van der Waals surface area contributed by atoms with Crippen LogP contribution >= 0.6 is 232 Å². The molecule has 8 aromatic carbocycles. The van der Waals surface area contributed by atoms with E-state index in [1.165, 1.54) is 48.5 Å². The van der Waals surface area contributed by atoms with E-state index in [9.17, 15) is 33.7 Å². The van der Waals surface area contributed by atoms with Crippen molar-refractivity contribution in [3.05, 3.63) is 210 Å². The van der Waals surface area contributed by atoms with Crippen molar-refractivity contribution in [1.29, 1.82) is 0 Å². The molecule has 8 aromatic rings. The molecule has 0 saturated carbocycles. The smallest absolute Gasteiger partial charge is 0.362 e. The van der Waals surface area contributed by atoms with Gasteiger partial charge in [-0.2, -0.15) is 33.7 Å². The number of halogens is 20. The van der Waals surface area contributed by atoms with Gasteiger partial charge in [-0.05, 0) is 142 Å². The van der Waals surface area contributed by atoms with Gasteiger partial charge >= 0.3 is 41.6 Å². The Labute approximate surface area is 652 Å². The zero-order chi connectivity index (χ0) is 71.8. The summed E-state index contributed by atoms with van der Waals surface area (Å²) in [5.74, 6) is 0.178. The molecule has 8 rings (SSSR count). The highest BCUT2D eigenvalue weighted by Gasteiger charge is 2.29. The van der Waals surface area contributed by atoms with E-state index in [0.29, 0.717) is 40.2 Å². The van der Waals surface area contributed by atoms with Crippen LogP contribution in [-0.2, 0) is 58.3 Å². The molecule has 520 valence electrons. The molecule has 0 saturated heterocycles. The highest BCUT2D eigenvalue weighted by molar-refractivity contribution is 7.83. The molecule has 96 heavy (non-hydrogen) atoms. The molecular formula is C56H36Cl20O16S4. The van der Waals surface area contributed by atoms with Crippen LogP contribution in [0, 0.1) is 0 Å². The van der Waals surface area contributed by atoms with Gasteiger partial charge in [-0.25, -0.2) is 16.7 Å². The molecule has 40 heteroatoms. The summed E-state index contributed by atoms with van der Waals surface area (Å²) in [5, 5.41) is 3.42. The summed E-state index contributed by atoms with van der Waals surface area (Å²) in [6, 6.07) is 45.4. The van der Waals surface area contributed by atoms with E-state index in [4.69, 9.17) is 249 Å². The van der Waals surface area contributed by atoms with Crippen LogP contribution in [0.3, 0.4) is 0 Å². The van der Waals surface area contributed by atoms with Crippen molar-refractivity contribution < 1.29 is 67.1 Å². The van der Waals surface area contributed by atoms with Crippen molar-refractivity contribution >= 4 is 274 Å². The zero-order valence-electron chi connectivity index (χ0n) is 46.7. The normalized spacial score (nSPS) is 12.2. The average molecular weight is 1800 g/mol. The van der Waals surface area contributed by atoms with E-state index in [-0.39, 0.29) is 23.0 Å². The fraction of sp³-hybridized carbons (Fsp3) is 0.143. The fourth-order valence-electron chi connectivity index (χ4n) is 6.64. The van der Waals surface area contributed by atoms with Crippen molar-refractivity contribution in [3.8, 4) is 67.5 Å². The van der Waals surface area contributed by atoms with Crippen LogP contribution in [0.4, 0.5) is 0 Å².